The largest absolute Gasteiger partial charge is 0.314 e. The molecule has 0 radical (unpaired) electrons. The lowest BCUT2D eigenvalue weighted by molar-refractivity contribution is -0.387. The van der Waals surface area contributed by atoms with Crippen LogP contribution in [0.2, 0.25) is 0 Å². The standard InChI is InChI=1S/C15H23FN2O2/c1-3-5-13(17-10-4-2)8-6-12-7-9-15(18(19)20)14(16)11-12/h7,9,11,13,17H,3-6,8,10H2,1-2H3. The number of rotatable bonds is 9. The van der Waals surface area contributed by atoms with E-state index < -0.39 is 16.4 Å². The van der Waals surface area contributed by atoms with Crippen molar-refractivity contribution in [2.24, 2.45) is 0 Å². The summed E-state index contributed by atoms with van der Waals surface area (Å²) in [7, 11) is 0. The summed E-state index contributed by atoms with van der Waals surface area (Å²) in [6, 6.07) is 4.60. The number of hydrogen-bond acceptors (Lipinski definition) is 3. The first-order valence-corrected chi connectivity index (χ1v) is 7.24. The van der Waals surface area contributed by atoms with E-state index in [1.165, 1.54) is 12.1 Å². The summed E-state index contributed by atoms with van der Waals surface area (Å²) in [5.74, 6) is -0.749. The van der Waals surface area contributed by atoms with Gasteiger partial charge in [-0.1, -0.05) is 26.3 Å². The van der Waals surface area contributed by atoms with E-state index in [2.05, 4.69) is 19.2 Å². The molecule has 0 aromatic heterocycles. The van der Waals surface area contributed by atoms with Crippen LogP contribution in [0.25, 0.3) is 0 Å². The molecule has 0 spiro atoms. The van der Waals surface area contributed by atoms with Crippen molar-refractivity contribution in [2.45, 2.75) is 52.0 Å². The first-order valence-electron chi connectivity index (χ1n) is 7.24. The summed E-state index contributed by atoms with van der Waals surface area (Å²) in [5, 5.41) is 14.0. The Kier molecular flexibility index (Phi) is 7.15. The third-order valence-electron chi connectivity index (χ3n) is 3.31. The molecule has 0 amide bonds. The zero-order chi connectivity index (χ0) is 15.0. The molecule has 1 aromatic carbocycles. The Labute approximate surface area is 119 Å². The fraction of sp³-hybridized carbons (Fsp3) is 0.600. The highest BCUT2D eigenvalue weighted by molar-refractivity contribution is 5.35. The molecule has 4 nitrogen and oxygen atoms in total. The number of nitro benzene ring substituents is 1. The van der Waals surface area contributed by atoms with Gasteiger partial charge in [0, 0.05) is 12.1 Å². The van der Waals surface area contributed by atoms with Crippen LogP contribution in [0.5, 0.6) is 0 Å². The van der Waals surface area contributed by atoms with Crippen LogP contribution in [0.1, 0.15) is 45.1 Å². The maximum absolute atomic E-state index is 13.5. The summed E-state index contributed by atoms with van der Waals surface area (Å²) in [4.78, 5) is 9.87. The van der Waals surface area contributed by atoms with E-state index >= 15 is 0 Å². The van der Waals surface area contributed by atoms with Crippen LogP contribution >= 0.6 is 0 Å². The average molecular weight is 282 g/mol. The van der Waals surface area contributed by atoms with Gasteiger partial charge in [0.25, 0.3) is 0 Å². The molecule has 0 fully saturated rings. The summed E-state index contributed by atoms with van der Waals surface area (Å²) in [6.45, 7) is 5.26. The van der Waals surface area contributed by atoms with Crippen LogP contribution in [-0.4, -0.2) is 17.5 Å². The predicted molar refractivity (Wildman–Crippen MR) is 78.4 cm³/mol. The van der Waals surface area contributed by atoms with Gasteiger partial charge in [-0.05, 0) is 43.9 Å². The second kappa shape index (κ2) is 8.64. The van der Waals surface area contributed by atoms with Gasteiger partial charge in [-0.2, -0.15) is 4.39 Å². The fourth-order valence-corrected chi connectivity index (χ4v) is 2.24. The molecule has 0 aliphatic carbocycles. The van der Waals surface area contributed by atoms with Gasteiger partial charge in [0.15, 0.2) is 0 Å². The fourth-order valence-electron chi connectivity index (χ4n) is 2.24. The summed E-state index contributed by atoms with van der Waals surface area (Å²) >= 11 is 0. The molecule has 1 atom stereocenters. The van der Waals surface area contributed by atoms with Crippen molar-refractivity contribution in [3.8, 4) is 0 Å². The quantitative estimate of drug-likeness (QED) is 0.553. The Hall–Kier alpha value is -1.49. The van der Waals surface area contributed by atoms with Crippen LogP contribution < -0.4 is 5.32 Å². The van der Waals surface area contributed by atoms with E-state index in [0.717, 1.165) is 44.2 Å². The van der Waals surface area contributed by atoms with Crippen LogP contribution in [0.15, 0.2) is 18.2 Å². The summed E-state index contributed by atoms with van der Waals surface area (Å²) in [5.41, 5.74) is 0.357. The van der Waals surface area contributed by atoms with Gasteiger partial charge in [-0.15, -0.1) is 0 Å². The van der Waals surface area contributed by atoms with Crippen molar-refractivity contribution in [3.63, 3.8) is 0 Å². The van der Waals surface area contributed by atoms with E-state index in [1.807, 2.05) is 0 Å². The first-order chi connectivity index (χ1) is 9.58. The van der Waals surface area contributed by atoms with Crippen LogP contribution in [0.4, 0.5) is 10.1 Å². The van der Waals surface area contributed by atoms with Gasteiger partial charge < -0.3 is 5.32 Å². The number of aryl methyl sites for hydroxylation is 1. The Morgan fingerprint density at radius 2 is 2.05 bits per heavy atom. The van der Waals surface area contributed by atoms with E-state index in [0.29, 0.717) is 6.04 Å². The van der Waals surface area contributed by atoms with E-state index in [9.17, 15) is 14.5 Å². The Morgan fingerprint density at radius 3 is 2.60 bits per heavy atom. The van der Waals surface area contributed by atoms with Gasteiger partial charge in [0.1, 0.15) is 0 Å². The van der Waals surface area contributed by atoms with Crippen molar-refractivity contribution >= 4 is 5.69 Å². The molecular formula is C15H23FN2O2. The van der Waals surface area contributed by atoms with Gasteiger partial charge >= 0.3 is 5.69 Å². The zero-order valence-electron chi connectivity index (χ0n) is 12.2. The number of nitrogens with one attached hydrogen (secondary N) is 1. The third kappa shape index (κ3) is 5.25. The van der Waals surface area contributed by atoms with Gasteiger partial charge in [-0.25, -0.2) is 0 Å². The monoisotopic (exact) mass is 282 g/mol. The second-order valence-electron chi connectivity index (χ2n) is 5.02. The van der Waals surface area contributed by atoms with E-state index in [1.54, 1.807) is 6.07 Å². The number of hydrogen-bond donors (Lipinski definition) is 1. The molecule has 1 unspecified atom stereocenters. The molecule has 20 heavy (non-hydrogen) atoms. The Balaban J connectivity index is 2.58. The number of halogens is 1. The smallest absolute Gasteiger partial charge is 0.304 e. The Morgan fingerprint density at radius 1 is 1.30 bits per heavy atom. The normalized spacial score (nSPS) is 12.3. The van der Waals surface area contributed by atoms with Crippen molar-refractivity contribution in [1.82, 2.24) is 5.32 Å². The minimum atomic E-state index is -0.749. The topological polar surface area (TPSA) is 55.2 Å². The summed E-state index contributed by atoms with van der Waals surface area (Å²) < 4.78 is 13.5. The number of benzene rings is 1. The molecule has 0 heterocycles. The van der Waals surface area contributed by atoms with E-state index in [-0.39, 0.29) is 0 Å². The second-order valence-corrected chi connectivity index (χ2v) is 5.02. The molecule has 5 heteroatoms. The van der Waals surface area contributed by atoms with Crippen molar-refractivity contribution in [1.29, 1.82) is 0 Å². The number of nitrogens with zero attached hydrogens (tertiary/aromatic N) is 1. The van der Waals surface area contributed by atoms with Crippen molar-refractivity contribution in [2.75, 3.05) is 6.54 Å². The van der Waals surface area contributed by atoms with Crippen molar-refractivity contribution < 1.29 is 9.31 Å². The minimum Gasteiger partial charge on any atom is -0.314 e. The predicted octanol–water partition coefficient (Wildman–Crippen LogP) is 3.83. The third-order valence-corrected chi connectivity index (χ3v) is 3.31. The zero-order valence-corrected chi connectivity index (χ0v) is 12.2. The highest BCUT2D eigenvalue weighted by Gasteiger charge is 2.14. The maximum Gasteiger partial charge on any atom is 0.304 e. The minimum absolute atomic E-state index is 0.429. The lowest BCUT2D eigenvalue weighted by Gasteiger charge is -2.17. The number of nitro groups is 1. The molecule has 1 rings (SSSR count). The molecule has 1 N–H and O–H groups in total. The van der Waals surface area contributed by atoms with Crippen LogP contribution in [0.3, 0.4) is 0 Å². The van der Waals surface area contributed by atoms with Crippen molar-refractivity contribution in [3.05, 3.63) is 39.7 Å². The molecule has 112 valence electrons. The average Bonchev–Trinajstić information content (AvgIpc) is 2.41. The molecule has 0 saturated carbocycles. The summed E-state index contributed by atoms with van der Waals surface area (Å²) in [6.07, 6.45) is 4.94. The van der Waals surface area contributed by atoms with E-state index in [4.69, 9.17) is 0 Å². The molecule has 0 aliphatic rings. The van der Waals surface area contributed by atoms with Gasteiger partial charge in [0.2, 0.25) is 5.82 Å². The van der Waals surface area contributed by atoms with Gasteiger partial charge in [-0.3, -0.25) is 10.1 Å². The first kappa shape index (κ1) is 16.6. The highest BCUT2D eigenvalue weighted by Crippen LogP contribution is 2.19. The lowest BCUT2D eigenvalue weighted by atomic mass is 10.0. The molecular weight excluding hydrogens is 259 g/mol. The SMILES string of the molecule is CCCNC(CCC)CCc1ccc([N+](=O)[O-])c(F)c1. The molecule has 0 bridgehead atoms. The Bertz CT molecular complexity index is 438. The molecule has 0 aliphatic heterocycles. The highest BCUT2D eigenvalue weighted by atomic mass is 19.1. The van der Waals surface area contributed by atoms with Crippen LogP contribution in [-0.2, 0) is 6.42 Å². The maximum atomic E-state index is 13.5. The molecule has 1 aromatic rings. The van der Waals surface area contributed by atoms with Gasteiger partial charge in [0.05, 0.1) is 4.92 Å². The lowest BCUT2D eigenvalue weighted by Crippen LogP contribution is -2.30. The van der Waals surface area contributed by atoms with Crippen LogP contribution in [0, 0.1) is 15.9 Å². The molecule has 0 saturated heterocycles.